The van der Waals surface area contributed by atoms with E-state index in [2.05, 4.69) is 39.1 Å². The van der Waals surface area contributed by atoms with Crippen molar-refractivity contribution in [2.24, 2.45) is 10.2 Å². The molecular formula is C26H22N6O3S2. The lowest BCUT2D eigenvalue weighted by Crippen LogP contribution is -2.13. The number of carboxylic acids is 1. The minimum atomic E-state index is -0.992. The smallest absolute Gasteiger partial charge is 0.335 e. The van der Waals surface area contributed by atoms with Gasteiger partial charge in [-0.3, -0.25) is 9.89 Å². The Balaban J connectivity index is 1.55. The number of aromatic carboxylic acids is 1. The zero-order valence-corrected chi connectivity index (χ0v) is 21.6. The first-order chi connectivity index (χ1) is 18.0. The number of nitrogens with zero attached hydrogens (tertiary/aromatic N) is 5. The van der Waals surface area contributed by atoms with Crippen LogP contribution >= 0.6 is 22.7 Å². The fraction of sp³-hybridized carbons (Fsp3) is 0.154. The molecule has 0 radical (unpaired) electrons. The van der Waals surface area contributed by atoms with E-state index in [0.29, 0.717) is 21.7 Å². The number of hydrogen-bond donors (Lipinski definition) is 2. The van der Waals surface area contributed by atoms with Crippen molar-refractivity contribution in [1.82, 2.24) is 19.7 Å². The maximum absolute atomic E-state index is 13.5. The van der Waals surface area contributed by atoms with Gasteiger partial charge in [0.05, 0.1) is 22.6 Å². The van der Waals surface area contributed by atoms with E-state index in [1.54, 1.807) is 12.1 Å². The van der Waals surface area contributed by atoms with Gasteiger partial charge in [-0.25, -0.2) is 14.8 Å². The number of H-pyrrole nitrogens is 1. The molecule has 0 aliphatic carbocycles. The number of aryl methyl sites for hydroxylation is 2. The molecular weight excluding hydrogens is 508 g/mol. The molecule has 5 aromatic rings. The summed E-state index contributed by atoms with van der Waals surface area (Å²) in [6.07, 6.45) is 1.68. The minimum absolute atomic E-state index is 0.167. The predicted molar refractivity (Wildman–Crippen MR) is 145 cm³/mol. The quantitative estimate of drug-likeness (QED) is 0.217. The standard InChI is InChI=1S/C26H22N6O3S2/c1-3-18-20(4-2)37-25(27-18)30-29-22-21(16-8-6-5-7-9-16)31-32(23(22)33)26-28-19(14-36-26)15-10-12-17(13-11-15)24(34)35/h5-14,31H,3-4H2,1-2H3,(H,34,35). The van der Waals surface area contributed by atoms with Crippen molar-refractivity contribution in [3.8, 4) is 27.6 Å². The number of nitrogens with one attached hydrogen (secondary N) is 1. The van der Waals surface area contributed by atoms with Gasteiger partial charge in [-0.05, 0) is 25.0 Å². The van der Waals surface area contributed by atoms with E-state index in [-0.39, 0.29) is 16.8 Å². The van der Waals surface area contributed by atoms with Gasteiger partial charge in [0.1, 0.15) is 0 Å². The molecule has 0 spiro atoms. The van der Waals surface area contributed by atoms with Crippen molar-refractivity contribution in [2.75, 3.05) is 0 Å². The second kappa shape index (κ2) is 10.4. The van der Waals surface area contributed by atoms with Crippen molar-refractivity contribution in [3.05, 3.63) is 86.5 Å². The number of thiazole rings is 2. The van der Waals surface area contributed by atoms with E-state index in [0.717, 1.165) is 34.5 Å². The summed E-state index contributed by atoms with van der Waals surface area (Å²) in [7, 11) is 0. The van der Waals surface area contributed by atoms with Gasteiger partial charge >= 0.3 is 11.5 Å². The van der Waals surface area contributed by atoms with Crippen molar-refractivity contribution in [2.45, 2.75) is 26.7 Å². The monoisotopic (exact) mass is 530 g/mol. The predicted octanol–water partition coefficient (Wildman–Crippen LogP) is 6.65. The van der Waals surface area contributed by atoms with Crippen LogP contribution in [0.5, 0.6) is 0 Å². The molecule has 0 bridgehead atoms. The van der Waals surface area contributed by atoms with Crippen LogP contribution in [0, 0.1) is 0 Å². The van der Waals surface area contributed by atoms with Crippen molar-refractivity contribution in [1.29, 1.82) is 0 Å². The fourth-order valence-electron chi connectivity index (χ4n) is 3.80. The van der Waals surface area contributed by atoms with E-state index >= 15 is 0 Å². The molecule has 2 N–H and O–H groups in total. The lowest BCUT2D eigenvalue weighted by Gasteiger charge is -1.99. The summed E-state index contributed by atoms with van der Waals surface area (Å²) < 4.78 is 1.35. The molecule has 9 nitrogen and oxygen atoms in total. The zero-order valence-electron chi connectivity index (χ0n) is 20.0. The number of hydrogen-bond acceptors (Lipinski definition) is 8. The Kier molecular flexibility index (Phi) is 6.89. The van der Waals surface area contributed by atoms with Gasteiger partial charge < -0.3 is 5.11 Å². The molecule has 0 saturated carbocycles. The second-order valence-corrected chi connectivity index (χ2v) is 9.91. The molecule has 5 rings (SSSR count). The van der Waals surface area contributed by atoms with Crippen molar-refractivity contribution >= 4 is 39.5 Å². The van der Waals surface area contributed by atoms with E-state index in [1.807, 2.05) is 35.7 Å². The highest BCUT2D eigenvalue weighted by atomic mass is 32.1. The Morgan fingerprint density at radius 3 is 2.41 bits per heavy atom. The number of rotatable bonds is 8. The number of carboxylic acid groups (broad SMARTS) is 1. The average molecular weight is 531 g/mol. The van der Waals surface area contributed by atoms with Crippen LogP contribution in [-0.4, -0.2) is 30.8 Å². The number of carbonyl (C=O) groups is 1. The van der Waals surface area contributed by atoms with Gasteiger partial charge in [-0.2, -0.15) is 4.68 Å². The first-order valence-electron chi connectivity index (χ1n) is 11.6. The average Bonchev–Trinajstić information content (AvgIpc) is 3.65. The number of aromatic amines is 1. The normalized spacial score (nSPS) is 11.4. The van der Waals surface area contributed by atoms with Crippen molar-refractivity contribution < 1.29 is 9.90 Å². The molecule has 0 aliphatic heterocycles. The minimum Gasteiger partial charge on any atom is -0.478 e. The first kappa shape index (κ1) is 24.5. The third kappa shape index (κ3) is 4.91. The molecule has 0 unspecified atom stereocenters. The van der Waals surface area contributed by atoms with Crippen LogP contribution in [0.1, 0.15) is 34.8 Å². The SMILES string of the molecule is CCc1nc(N=Nc2c(-c3ccccc3)[nH]n(-c3nc(-c4ccc(C(=O)O)cc4)cs3)c2=O)sc1CC. The Labute approximate surface area is 219 Å². The molecule has 0 fully saturated rings. The highest BCUT2D eigenvalue weighted by Gasteiger charge is 2.19. The summed E-state index contributed by atoms with van der Waals surface area (Å²) in [6.45, 7) is 4.13. The summed E-state index contributed by atoms with van der Waals surface area (Å²) in [4.78, 5) is 35.0. The zero-order chi connectivity index (χ0) is 25.9. The molecule has 3 heterocycles. The van der Waals surface area contributed by atoms with Gasteiger partial charge in [0.2, 0.25) is 10.3 Å². The van der Waals surface area contributed by atoms with Gasteiger partial charge in [0.25, 0.3) is 0 Å². The van der Waals surface area contributed by atoms with Crippen LogP contribution in [0.15, 0.2) is 75.0 Å². The van der Waals surface area contributed by atoms with E-state index < -0.39 is 5.97 Å². The summed E-state index contributed by atoms with van der Waals surface area (Å²) >= 11 is 2.77. The van der Waals surface area contributed by atoms with E-state index in [9.17, 15) is 9.59 Å². The van der Waals surface area contributed by atoms with Crippen LogP contribution in [0.25, 0.3) is 27.6 Å². The lowest BCUT2D eigenvalue weighted by molar-refractivity contribution is 0.0697. The fourth-order valence-corrected chi connectivity index (χ4v) is 5.50. The molecule has 3 aromatic heterocycles. The summed E-state index contributed by atoms with van der Waals surface area (Å²) in [5.41, 5.74) is 3.67. The molecule has 0 atom stereocenters. The highest BCUT2D eigenvalue weighted by Crippen LogP contribution is 2.32. The van der Waals surface area contributed by atoms with Crippen LogP contribution < -0.4 is 5.56 Å². The number of benzene rings is 2. The largest absolute Gasteiger partial charge is 0.478 e. The molecule has 0 aliphatic rings. The summed E-state index contributed by atoms with van der Waals surface area (Å²) in [5, 5.41) is 23.7. The van der Waals surface area contributed by atoms with Crippen LogP contribution in [-0.2, 0) is 12.8 Å². The molecule has 186 valence electrons. The Morgan fingerprint density at radius 1 is 1.00 bits per heavy atom. The summed E-state index contributed by atoms with van der Waals surface area (Å²) in [5.74, 6) is -0.992. The first-order valence-corrected chi connectivity index (χ1v) is 13.3. The van der Waals surface area contributed by atoms with Gasteiger partial charge in [0.15, 0.2) is 5.69 Å². The van der Waals surface area contributed by atoms with Crippen LogP contribution in [0.3, 0.4) is 0 Å². The molecule has 0 amide bonds. The van der Waals surface area contributed by atoms with E-state index in [1.165, 1.54) is 39.5 Å². The maximum Gasteiger partial charge on any atom is 0.335 e. The van der Waals surface area contributed by atoms with Crippen molar-refractivity contribution in [3.63, 3.8) is 0 Å². The van der Waals surface area contributed by atoms with E-state index in [4.69, 9.17) is 5.11 Å². The van der Waals surface area contributed by atoms with Gasteiger partial charge in [-0.15, -0.1) is 21.6 Å². The molecule has 2 aromatic carbocycles. The Morgan fingerprint density at radius 2 is 1.76 bits per heavy atom. The molecule has 37 heavy (non-hydrogen) atoms. The molecule has 11 heteroatoms. The topological polar surface area (TPSA) is 126 Å². The maximum atomic E-state index is 13.5. The van der Waals surface area contributed by atoms with Gasteiger partial charge in [-0.1, -0.05) is 67.6 Å². The van der Waals surface area contributed by atoms with Crippen LogP contribution in [0.2, 0.25) is 0 Å². The summed E-state index contributed by atoms with van der Waals surface area (Å²) in [6, 6.07) is 15.9. The third-order valence-corrected chi connectivity index (χ3v) is 7.65. The third-order valence-electron chi connectivity index (χ3n) is 5.70. The Hall–Kier alpha value is -4.22. The van der Waals surface area contributed by atoms with Crippen LogP contribution in [0.4, 0.5) is 10.8 Å². The highest BCUT2D eigenvalue weighted by molar-refractivity contribution is 7.15. The second-order valence-electron chi connectivity index (χ2n) is 8.01. The number of azo groups is 1. The lowest BCUT2D eigenvalue weighted by atomic mass is 10.1. The Bertz CT molecular complexity index is 1620. The number of aromatic nitrogens is 4. The van der Waals surface area contributed by atoms with Gasteiger partial charge in [0, 0.05) is 21.4 Å². The molecule has 0 saturated heterocycles.